The van der Waals surface area contributed by atoms with E-state index in [9.17, 15) is 0 Å². The van der Waals surface area contributed by atoms with Crippen molar-refractivity contribution in [2.24, 2.45) is 0 Å². The van der Waals surface area contributed by atoms with Crippen molar-refractivity contribution in [1.29, 1.82) is 0 Å². The van der Waals surface area contributed by atoms with Gasteiger partial charge in [0, 0.05) is 12.3 Å². The first kappa shape index (κ1) is 14.4. The first-order valence-electron chi connectivity index (χ1n) is 6.07. The summed E-state index contributed by atoms with van der Waals surface area (Å²) in [6, 6.07) is 2.24. The molecule has 1 aromatic rings. The van der Waals surface area contributed by atoms with Crippen molar-refractivity contribution in [3.05, 3.63) is 28.3 Å². The Bertz CT molecular complexity index is 377. The summed E-state index contributed by atoms with van der Waals surface area (Å²) in [5.74, 6) is 1.91. The second-order valence-corrected chi connectivity index (χ2v) is 4.81. The Morgan fingerprint density at radius 1 is 1.18 bits per heavy atom. The number of methoxy groups -OCH3 is 1. The molecular weight excluding hydrogens is 230 g/mol. The molecule has 0 atom stereocenters. The highest BCUT2D eigenvalue weighted by Gasteiger charge is 2.09. The number of hydrogen-bond acceptors (Lipinski definition) is 3. The van der Waals surface area contributed by atoms with Gasteiger partial charge in [-0.05, 0) is 56.0 Å². The Labute approximate surface area is 110 Å². The molecule has 0 radical (unpaired) electrons. The van der Waals surface area contributed by atoms with Crippen molar-refractivity contribution >= 4 is 12.6 Å². The summed E-state index contributed by atoms with van der Waals surface area (Å²) >= 11 is 4.18. The molecule has 1 N–H and O–H groups in total. The molecule has 0 aliphatic heterocycles. The van der Waals surface area contributed by atoms with E-state index in [4.69, 9.17) is 4.74 Å². The van der Waals surface area contributed by atoms with Gasteiger partial charge in [-0.2, -0.15) is 12.6 Å². The van der Waals surface area contributed by atoms with Crippen LogP contribution in [0, 0.1) is 20.8 Å². The van der Waals surface area contributed by atoms with Crippen LogP contribution in [0.2, 0.25) is 0 Å². The van der Waals surface area contributed by atoms with E-state index in [1.54, 1.807) is 7.11 Å². The monoisotopic (exact) mass is 253 g/mol. The number of thiol groups is 1. The maximum absolute atomic E-state index is 5.43. The molecule has 0 saturated carbocycles. The van der Waals surface area contributed by atoms with Crippen LogP contribution in [0.15, 0.2) is 6.07 Å². The van der Waals surface area contributed by atoms with Gasteiger partial charge in [-0.25, -0.2) is 0 Å². The molecular formula is C14H23NOS. The predicted octanol–water partition coefficient (Wildman–Crippen LogP) is 2.68. The molecule has 2 nitrogen and oxygen atoms in total. The first-order chi connectivity index (χ1) is 8.11. The van der Waals surface area contributed by atoms with Crippen LogP contribution in [0.25, 0.3) is 0 Å². The molecule has 0 heterocycles. The van der Waals surface area contributed by atoms with Crippen molar-refractivity contribution in [2.45, 2.75) is 27.2 Å². The van der Waals surface area contributed by atoms with Crippen LogP contribution < -0.4 is 10.1 Å². The molecule has 0 unspecified atom stereocenters. The average Bonchev–Trinajstić information content (AvgIpc) is 2.31. The average molecular weight is 253 g/mol. The minimum Gasteiger partial charge on any atom is -0.496 e. The van der Waals surface area contributed by atoms with Crippen LogP contribution in [-0.2, 0) is 6.42 Å². The second-order valence-electron chi connectivity index (χ2n) is 4.36. The van der Waals surface area contributed by atoms with E-state index in [0.29, 0.717) is 0 Å². The van der Waals surface area contributed by atoms with E-state index in [1.165, 1.54) is 22.3 Å². The van der Waals surface area contributed by atoms with E-state index < -0.39 is 0 Å². The fraction of sp³-hybridized carbons (Fsp3) is 0.571. The third kappa shape index (κ3) is 3.65. The Kier molecular flexibility index (Phi) is 5.86. The lowest BCUT2D eigenvalue weighted by molar-refractivity contribution is 0.408. The van der Waals surface area contributed by atoms with E-state index in [1.807, 2.05) is 0 Å². The summed E-state index contributed by atoms with van der Waals surface area (Å²) < 4.78 is 5.43. The van der Waals surface area contributed by atoms with Gasteiger partial charge in [0.25, 0.3) is 0 Å². The number of hydrogen-bond donors (Lipinski definition) is 2. The lowest BCUT2D eigenvalue weighted by Crippen LogP contribution is -2.20. The Balaban J connectivity index is 2.80. The lowest BCUT2D eigenvalue weighted by Gasteiger charge is -2.15. The highest BCUT2D eigenvalue weighted by Crippen LogP contribution is 2.28. The fourth-order valence-corrected chi connectivity index (χ4v) is 2.30. The van der Waals surface area contributed by atoms with Gasteiger partial charge in [0.2, 0.25) is 0 Å². The topological polar surface area (TPSA) is 21.3 Å². The van der Waals surface area contributed by atoms with E-state index in [0.717, 1.165) is 31.0 Å². The highest BCUT2D eigenvalue weighted by molar-refractivity contribution is 7.80. The maximum Gasteiger partial charge on any atom is 0.124 e. The van der Waals surface area contributed by atoms with Crippen molar-refractivity contribution in [2.75, 3.05) is 26.0 Å². The normalized spacial score (nSPS) is 10.6. The largest absolute Gasteiger partial charge is 0.496 e. The van der Waals surface area contributed by atoms with Crippen molar-refractivity contribution in [3.8, 4) is 5.75 Å². The molecule has 0 spiro atoms. The summed E-state index contributed by atoms with van der Waals surface area (Å²) in [6.45, 7) is 8.38. The molecule has 0 fully saturated rings. The van der Waals surface area contributed by atoms with Gasteiger partial charge in [0.05, 0.1) is 7.11 Å². The van der Waals surface area contributed by atoms with Gasteiger partial charge in [-0.3, -0.25) is 0 Å². The van der Waals surface area contributed by atoms with Crippen LogP contribution in [0.4, 0.5) is 0 Å². The number of rotatable bonds is 6. The second kappa shape index (κ2) is 6.92. The minimum atomic E-state index is 0.889. The van der Waals surface area contributed by atoms with Gasteiger partial charge in [0.1, 0.15) is 5.75 Å². The first-order valence-corrected chi connectivity index (χ1v) is 6.70. The van der Waals surface area contributed by atoms with Gasteiger partial charge in [0.15, 0.2) is 0 Å². The molecule has 1 rings (SSSR count). The number of nitrogens with one attached hydrogen (secondary N) is 1. The molecule has 0 aliphatic carbocycles. The van der Waals surface area contributed by atoms with Gasteiger partial charge >= 0.3 is 0 Å². The molecule has 17 heavy (non-hydrogen) atoms. The summed E-state index contributed by atoms with van der Waals surface area (Å²) in [6.07, 6.45) is 1.06. The zero-order valence-corrected chi connectivity index (χ0v) is 12.2. The third-order valence-corrected chi connectivity index (χ3v) is 3.42. The molecule has 3 heteroatoms. The fourth-order valence-electron chi connectivity index (χ4n) is 2.14. The van der Waals surface area contributed by atoms with Gasteiger partial charge in [-0.1, -0.05) is 6.07 Å². The molecule has 96 valence electrons. The third-order valence-electron chi connectivity index (χ3n) is 3.20. The molecule has 0 amide bonds. The Morgan fingerprint density at radius 3 is 2.47 bits per heavy atom. The quantitative estimate of drug-likeness (QED) is 0.601. The van der Waals surface area contributed by atoms with Crippen molar-refractivity contribution in [3.63, 3.8) is 0 Å². The van der Waals surface area contributed by atoms with Crippen LogP contribution in [0.3, 0.4) is 0 Å². The van der Waals surface area contributed by atoms with Crippen molar-refractivity contribution in [1.82, 2.24) is 5.32 Å². The zero-order chi connectivity index (χ0) is 12.8. The number of benzene rings is 1. The molecule has 0 aliphatic rings. The summed E-state index contributed by atoms with van der Waals surface area (Å²) in [5, 5.41) is 3.37. The van der Waals surface area contributed by atoms with Gasteiger partial charge < -0.3 is 10.1 Å². The number of aryl methyl sites for hydroxylation is 1. The molecule has 0 aromatic heterocycles. The SMILES string of the molecule is COc1c(C)cc(CCNCCS)c(C)c1C. The number of ether oxygens (including phenoxy) is 1. The summed E-state index contributed by atoms with van der Waals surface area (Å²) in [4.78, 5) is 0. The minimum absolute atomic E-state index is 0.889. The zero-order valence-electron chi connectivity index (χ0n) is 11.3. The van der Waals surface area contributed by atoms with Crippen LogP contribution in [0.1, 0.15) is 22.3 Å². The van der Waals surface area contributed by atoms with Crippen LogP contribution in [0.5, 0.6) is 5.75 Å². The van der Waals surface area contributed by atoms with E-state index in [-0.39, 0.29) is 0 Å². The Hall–Kier alpha value is -0.670. The van der Waals surface area contributed by atoms with Crippen molar-refractivity contribution < 1.29 is 4.74 Å². The van der Waals surface area contributed by atoms with E-state index in [2.05, 4.69) is 44.8 Å². The lowest BCUT2D eigenvalue weighted by atomic mass is 9.96. The standard InChI is InChI=1S/C14H23NOS/c1-10-9-13(5-6-15-7-8-17)11(2)12(3)14(10)16-4/h9,15,17H,5-8H2,1-4H3. The molecule has 0 saturated heterocycles. The highest BCUT2D eigenvalue weighted by atomic mass is 32.1. The molecule has 0 bridgehead atoms. The summed E-state index contributed by atoms with van der Waals surface area (Å²) in [5.41, 5.74) is 5.24. The smallest absolute Gasteiger partial charge is 0.124 e. The maximum atomic E-state index is 5.43. The summed E-state index contributed by atoms with van der Waals surface area (Å²) in [7, 11) is 1.74. The van der Waals surface area contributed by atoms with Crippen LogP contribution >= 0.6 is 12.6 Å². The van der Waals surface area contributed by atoms with E-state index >= 15 is 0 Å². The predicted molar refractivity (Wildman–Crippen MR) is 77.6 cm³/mol. The molecule has 1 aromatic carbocycles. The Morgan fingerprint density at radius 2 is 1.88 bits per heavy atom. The van der Waals surface area contributed by atoms with Crippen LogP contribution in [-0.4, -0.2) is 26.0 Å². The van der Waals surface area contributed by atoms with Gasteiger partial charge in [-0.15, -0.1) is 0 Å².